The monoisotopic (exact) mass is 257 g/mol. The number of aliphatic hydroxyl groups excluding tert-OH is 1. The summed E-state index contributed by atoms with van der Waals surface area (Å²) in [6.07, 6.45) is -6.77. The van der Waals surface area contributed by atoms with Crippen molar-refractivity contribution in [1.29, 1.82) is 0 Å². The molecule has 1 atom stereocenters. The fourth-order valence-corrected chi connectivity index (χ4v) is 2.45. The zero-order valence-electron chi connectivity index (χ0n) is 7.91. The standard InChI is InChI=1S/C8H10F3NOS2/c1-5-12-6(3-15-5)2-14-4-7(13)8(9,10)11/h3,7,13H,2,4H2,1H3/t7-/m1/s1. The summed E-state index contributed by atoms with van der Waals surface area (Å²) in [5.41, 5.74) is 0.761. The molecule has 0 aromatic carbocycles. The van der Waals surface area contributed by atoms with Gasteiger partial charge in [-0.15, -0.1) is 11.3 Å². The molecule has 1 rings (SSSR count). The van der Waals surface area contributed by atoms with Crippen LogP contribution in [0.2, 0.25) is 0 Å². The zero-order chi connectivity index (χ0) is 11.5. The predicted molar refractivity (Wildman–Crippen MR) is 55.1 cm³/mol. The van der Waals surface area contributed by atoms with Crippen molar-refractivity contribution < 1.29 is 18.3 Å². The summed E-state index contributed by atoms with van der Waals surface area (Å²) in [5, 5.41) is 11.4. The third-order valence-electron chi connectivity index (χ3n) is 1.57. The van der Waals surface area contributed by atoms with Crippen LogP contribution in [0.3, 0.4) is 0 Å². The molecule has 0 aliphatic carbocycles. The van der Waals surface area contributed by atoms with Crippen molar-refractivity contribution in [2.24, 2.45) is 0 Å². The van der Waals surface area contributed by atoms with Crippen molar-refractivity contribution in [1.82, 2.24) is 4.98 Å². The molecule has 7 heteroatoms. The highest BCUT2D eigenvalue weighted by atomic mass is 32.2. The third kappa shape index (κ3) is 4.40. The fourth-order valence-electron chi connectivity index (χ4n) is 0.844. The Morgan fingerprint density at radius 3 is 2.73 bits per heavy atom. The van der Waals surface area contributed by atoms with E-state index < -0.39 is 12.3 Å². The highest BCUT2D eigenvalue weighted by molar-refractivity contribution is 7.98. The van der Waals surface area contributed by atoms with E-state index in [2.05, 4.69) is 4.98 Å². The van der Waals surface area contributed by atoms with Gasteiger partial charge in [-0.2, -0.15) is 24.9 Å². The normalized spacial score (nSPS) is 14.2. The van der Waals surface area contributed by atoms with Crippen LogP contribution in [-0.2, 0) is 5.75 Å². The van der Waals surface area contributed by atoms with Gasteiger partial charge < -0.3 is 5.11 Å². The molecule has 1 heterocycles. The van der Waals surface area contributed by atoms with Gasteiger partial charge in [-0.1, -0.05) is 0 Å². The van der Waals surface area contributed by atoms with Crippen molar-refractivity contribution in [3.05, 3.63) is 16.1 Å². The molecule has 86 valence electrons. The second-order valence-corrected chi connectivity index (χ2v) is 5.02. The Bertz CT molecular complexity index is 313. The van der Waals surface area contributed by atoms with Gasteiger partial charge in [-0.3, -0.25) is 0 Å². The highest BCUT2D eigenvalue weighted by Crippen LogP contribution is 2.24. The molecule has 0 spiro atoms. The van der Waals surface area contributed by atoms with E-state index in [0.29, 0.717) is 5.75 Å². The first-order valence-corrected chi connectivity index (χ1v) is 6.16. The van der Waals surface area contributed by atoms with Crippen LogP contribution in [0.5, 0.6) is 0 Å². The van der Waals surface area contributed by atoms with E-state index in [-0.39, 0.29) is 5.75 Å². The average molecular weight is 257 g/mol. The van der Waals surface area contributed by atoms with Gasteiger partial charge in [0.25, 0.3) is 0 Å². The van der Waals surface area contributed by atoms with Crippen molar-refractivity contribution >= 4 is 23.1 Å². The average Bonchev–Trinajstić information content (AvgIpc) is 2.49. The summed E-state index contributed by atoms with van der Waals surface area (Å²) < 4.78 is 35.7. The molecular formula is C8H10F3NOS2. The molecule has 0 aliphatic rings. The van der Waals surface area contributed by atoms with Gasteiger partial charge in [-0.25, -0.2) is 4.98 Å². The number of rotatable bonds is 4. The molecule has 1 N–H and O–H groups in total. The number of aliphatic hydroxyl groups is 1. The molecule has 0 fully saturated rings. The van der Waals surface area contributed by atoms with E-state index in [4.69, 9.17) is 5.11 Å². The first kappa shape index (κ1) is 12.8. The summed E-state index contributed by atoms with van der Waals surface area (Å²) in [5.74, 6) is 0.0531. The SMILES string of the molecule is Cc1nc(CSC[C@@H](O)C(F)(F)F)cs1. The molecule has 1 aromatic heterocycles. The Hall–Kier alpha value is -0.270. The first-order valence-electron chi connectivity index (χ1n) is 4.13. The van der Waals surface area contributed by atoms with E-state index in [1.165, 1.54) is 11.3 Å². The molecule has 0 aliphatic heterocycles. The van der Waals surface area contributed by atoms with E-state index in [1.807, 2.05) is 12.3 Å². The van der Waals surface area contributed by atoms with E-state index in [1.54, 1.807) is 0 Å². The minimum atomic E-state index is -4.52. The molecule has 0 radical (unpaired) electrons. The Kier molecular flexibility index (Phi) is 4.42. The van der Waals surface area contributed by atoms with Crippen LogP contribution < -0.4 is 0 Å². The Morgan fingerprint density at radius 2 is 2.27 bits per heavy atom. The first-order chi connectivity index (χ1) is 6.89. The van der Waals surface area contributed by atoms with E-state index in [9.17, 15) is 13.2 Å². The summed E-state index contributed by atoms with van der Waals surface area (Å²) in [4.78, 5) is 4.10. The van der Waals surface area contributed by atoms with Gasteiger partial charge in [0.15, 0.2) is 6.10 Å². The zero-order valence-corrected chi connectivity index (χ0v) is 9.55. The lowest BCUT2D eigenvalue weighted by atomic mass is 10.4. The summed E-state index contributed by atoms with van der Waals surface area (Å²) in [6.45, 7) is 1.84. The van der Waals surface area contributed by atoms with Crippen LogP contribution in [0.1, 0.15) is 10.7 Å². The minimum absolute atomic E-state index is 0.347. The maximum atomic E-state index is 11.9. The smallest absolute Gasteiger partial charge is 0.383 e. The minimum Gasteiger partial charge on any atom is -0.383 e. The Morgan fingerprint density at radius 1 is 1.60 bits per heavy atom. The van der Waals surface area contributed by atoms with Crippen molar-refractivity contribution in [3.8, 4) is 0 Å². The maximum Gasteiger partial charge on any atom is 0.415 e. The van der Waals surface area contributed by atoms with E-state index >= 15 is 0 Å². The molecular weight excluding hydrogens is 247 g/mol. The third-order valence-corrected chi connectivity index (χ3v) is 3.44. The number of aromatic nitrogens is 1. The predicted octanol–water partition coefficient (Wildman–Crippen LogP) is 2.61. The number of hydrogen-bond acceptors (Lipinski definition) is 4. The molecule has 0 bridgehead atoms. The van der Waals surface area contributed by atoms with Gasteiger partial charge >= 0.3 is 6.18 Å². The molecule has 1 aromatic rings. The molecule has 15 heavy (non-hydrogen) atoms. The van der Waals surface area contributed by atoms with Crippen molar-refractivity contribution in [3.63, 3.8) is 0 Å². The van der Waals surface area contributed by atoms with Crippen molar-refractivity contribution in [2.45, 2.75) is 25.0 Å². The van der Waals surface area contributed by atoms with Gasteiger partial charge in [0.1, 0.15) is 0 Å². The molecule has 0 unspecified atom stereocenters. The second kappa shape index (κ2) is 5.18. The number of thiazole rings is 1. The summed E-state index contributed by atoms with van der Waals surface area (Å²) in [6, 6.07) is 0. The van der Waals surface area contributed by atoms with Crippen LogP contribution in [-0.4, -0.2) is 28.1 Å². The number of thioether (sulfide) groups is 1. The van der Waals surface area contributed by atoms with Gasteiger partial charge in [0.2, 0.25) is 0 Å². The lowest BCUT2D eigenvalue weighted by Gasteiger charge is -2.13. The number of nitrogens with zero attached hydrogens (tertiary/aromatic N) is 1. The maximum absolute atomic E-state index is 11.9. The molecule has 2 nitrogen and oxygen atoms in total. The molecule has 0 saturated heterocycles. The Labute approximate surface area is 93.5 Å². The summed E-state index contributed by atoms with van der Waals surface area (Å²) in [7, 11) is 0. The van der Waals surface area contributed by atoms with Crippen LogP contribution in [0.15, 0.2) is 5.38 Å². The van der Waals surface area contributed by atoms with Crippen LogP contribution in [0, 0.1) is 6.92 Å². The number of hydrogen-bond donors (Lipinski definition) is 1. The van der Waals surface area contributed by atoms with Gasteiger partial charge in [-0.05, 0) is 6.92 Å². The second-order valence-electron chi connectivity index (χ2n) is 2.93. The Balaban J connectivity index is 2.28. The van der Waals surface area contributed by atoms with Crippen LogP contribution in [0.4, 0.5) is 13.2 Å². The number of alkyl halides is 3. The number of halogens is 3. The van der Waals surface area contributed by atoms with Gasteiger partial charge in [0, 0.05) is 16.9 Å². The largest absolute Gasteiger partial charge is 0.415 e. The highest BCUT2D eigenvalue weighted by Gasteiger charge is 2.37. The number of aryl methyl sites for hydroxylation is 1. The molecule has 0 saturated carbocycles. The lowest BCUT2D eigenvalue weighted by molar-refractivity contribution is -0.195. The molecule has 0 amide bonds. The van der Waals surface area contributed by atoms with Crippen LogP contribution in [0.25, 0.3) is 0 Å². The van der Waals surface area contributed by atoms with Gasteiger partial charge in [0.05, 0.1) is 10.7 Å². The quantitative estimate of drug-likeness (QED) is 0.900. The van der Waals surface area contributed by atoms with Crippen molar-refractivity contribution in [2.75, 3.05) is 5.75 Å². The fraction of sp³-hybridized carbons (Fsp3) is 0.625. The van der Waals surface area contributed by atoms with E-state index in [0.717, 1.165) is 22.5 Å². The summed E-state index contributed by atoms with van der Waals surface area (Å²) >= 11 is 2.49. The lowest BCUT2D eigenvalue weighted by Crippen LogP contribution is -2.30. The topological polar surface area (TPSA) is 33.1 Å². The van der Waals surface area contributed by atoms with Crippen LogP contribution >= 0.6 is 23.1 Å².